The number of hydrogen-bond acceptors (Lipinski definition) is 3. The summed E-state index contributed by atoms with van der Waals surface area (Å²) in [5.41, 5.74) is -1.49. The summed E-state index contributed by atoms with van der Waals surface area (Å²) >= 11 is 0. The molecule has 1 N–H and O–H groups in total. The van der Waals surface area contributed by atoms with Gasteiger partial charge in [0.25, 0.3) is 0 Å². The van der Waals surface area contributed by atoms with Crippen LogP contribution in [-0.2, 0) is 14.3 Å². The van der Waals surface area contributed by atoms with E-state index in [0.29, 0.717) is 32.4 Å². The molecule has 0 aromatic rings. The Morgan fingerprint density at radius 2 is 1.75 bits per heavy atom. The fraction of sp³-hybridized carbons (Fsp3) is 0.867. The molecule has 0 bridgehead atoms. The lowest BCUT2D eigenvalue weighted by Gasteiger charge is -2.51. The van der Waals surface area contributed by atoms with Gasteiger partial charge in [-0.1, -0.05) is 20.8 Å². The lowest BCUT2D eigenvalue weighted by Crippen LogP contribution is -2.74. The van der Waals surface area contributed by atoms with Crippen molar-refractivity contribution in [3.05, 3.63) is 0 Å². The molecular formula is C15H28N2O3. The Morgan fingerprint density at radius 3 is 2.20 bits per heavy atom. The van der Waals surface area contributed by atoms with Gasteiger partial charge in [-0.15, -0.1) is 0 Å². The minimum absolute atomic E-state index is 0.0242. The Bertz CT molecular complexity index is 366. The first-order chi connectivity index (χ1) is 9.41. The Labute approximate surface area is 122 Å². The normalized spacial score (nSPS) is 25.8. The number of carbonyl (C=O) groups excluding carboxylic acids is 2. The molecule has 1 heterocycles. The Kier molecular flexibility index (Phi) is 5.57. The van der Waals surface area contributed by atoms with Gasteiger partial charge >= 0.3 is 0 Å². The van der Waals surface area contributed by atoms with Crippen LogP contribution in [0.4, 0.5) is 0 Å². The molecule has 0 aliphatic carbocycles. The van der Waals surface area contributed by atoms with Crippen LogP contribution in [-0.4, -0.2) is 48.1 Å². The summed E-state index contributed by atoms with van der Waals surface area (Å²) < 4.78 is 5.07. The molecule has 116 valence electrons. The molecule has 0 spiro atoms. The molecule has 1 rings (SSSR count). The summed E-state index contributed by atoms with van der Waals surface area (Å²) in [6.45, 7) is 8.83. The molecule has 1 unspecified atom stereocenters. The monoisotopic (exact) mass is 284 g/mol. The molecule has 5 heteroatoms. The molecular weight excluding hydrogens is 256 g/mol. The number of nitrogens with zero attached hydrogens (tertiary/aromatic N) is 1. The molecule has 5 nitrogen and oxygen atoms in total. The van der Waals surface area contributed by atoms with Gasteiger partial charge in [-0.3, -0.25) is 9.59 Å². The molecule has 1 aliphatic rings. The number of amides is 2. The van der Waals surface area contributed by atoms with Gasteiger partial charge in [0.1, 0.15) is 11.1 Å². The van der Waals surface area contributed by atoms with Crippen molar-refractivity contribution in [1.82, 2.24) is 10.2 Å². The second kappa shape index (κ2) is 6.57. The van der Waals surface area contributed by atoms with Crippen molar-refractivity contribution in [1.29, 1.82) is 0 Å². The zero-order valence-corrected chi connectivity index (χ0v) is 13.4. The molecule has 1 aliphatic heterocycles. The van der Waals surface area contributed by atoms with E-state index in [4.69, 9.17) is 4.74 Å². The van der Waals surface area contributed by atoms with Crippen molar-refractivity contribution in [3.63, 3.8) is 0 Å². The molecule has 1 atom stereocenters. The van der Waals surface area contributed by atoms with Gasteiger partial charge in [0.05, 0.1) is 0 Å². The third-order valence-electron chi connectivity index (χ3n) is 4.65. The van der Waals surface area contributed by atoms with Crippen LogP contribution in [0.15, 0.2) is 0 Å². The van der Waals surface area contributed by atoms with Gasteiger partial charge in [-0.2, -0.15) is 0 Å². The van der Waals surface area contributed by atoms with Crippen LogP contribution in [0.5, 0.6) is 0 Å². The van der Waals surface area contributed by atoms with Gasteiger partial charge in [0, 0.05) is 20.3 Å². The van der Waals surface area contributed by atoms with E-state index in [1.54, 1.807) is 12.0 Å². The van der Waals surface area contributed by atoms with Gasteiger partial charge in [0.15, 0.2) is 0 Å². The van der Waals surface area contributed by atoms with Crippen LogP contribution in [0.2, 0.25) is 0 Å². The summed E-state index contributed by atoms with van der Waals surface area (Å²) in [6.07, 6.45) is 2.61. The summed E-state index contributed by atoms with van der Waals surface area (Å²) in [5, 5.41) is 2.94. The van der Waals surface area contributed by atoms with Crippen molar-refractivity contribution in [2.75, 3.05) is 20.3 Å². The Morgan fingerprint density at radius 1 is 1.15 bits per heavy atom. The first-order valence-corrected chi connectivity index (χ1v) is 7.55. The lowest BCUT2D eigenvalue weighted by molar-refractivity contribution is -0.163. The summed E-state index contributed by atoms with van der Waals surface area (Å²) in [6, 6.07) is 0. The van der Waals surface area contributed by atoms with E-state index in [9.17, 15) is 9.59 Å². The lowest BCUT2D eigenvalue weighted by atomic mass is 9.81. The third-order valence-corrected chi connectivity index (χ3v) is 4.65. The predicted molar refractivity (Wildman–Crippen MR) is 78.4 cm³/mol. The van der Waals surface area contributed by atoms with Gasteiger partial charge in [0.2, 0.25) is 11.8 Å². The minimum Gasteiger partial charge on any atom is -0.385 e. The molecule has 0 radical (unpaired) electrons. The average Bonchev–Trinajstić information content (AvgIpc) is 2.45. The minimum atomic E-state index is -0.780. The van der Waals surface area contributed by atoms with Crippen molar-refractivity contribution >= 4 is 11.8 Å². The van der Waals surface area contributed by atoms with Crippen molar-refractivity contribution in [3.8, 4) is 0 Å². The van der Waals surface area contributed by atoms with Crippen molar-refractivity contribution < 1.29 is 14.3 Å². The van der Waals surface area contributed by atoms with Gasteiger partial charge in [-0.25, -0.2) is 0 Å². The standard InChI is InChI=1S/C15H28N2O3/c1-6-14(4)13(19)17(10-9-11-20-5)15(7-2,8-3)12(18)16-14/h6-11H2,1-5H3,(H,16,18). The topological polar surface area (TPSA) is 58.6 Å². The summed E-state index contributed by atoms with van der Waals surface area (Å²) in [4.78, 5) is 27.2. The first-order valence-electron chi connectivity index (χ1n) is 7.55. The smallest absolute Gasteiger partial charge is 0.248 e. The van der Waals surface area contributed by atoms with Crippen molar-refractivity contribution in [2.24, 2.45) is 0 Å². The van der Waals surface area contributed by atoms with E-state index in [-0.39, 0.29) is 11.8 Å². The number of carbonyl (C=O) groups is 2. The number of nitrogens with one attached hydrogen (secondary N) is 1. The largest absolute Gasteiger partial charge is 0.385 e. The summed E-state index contributed by atoms with van der Waals surface area (Å²) in [7, 11) is 1.65. The van der Waals surface area contributed by atoms with E-state index in [2.05, 4.69) is 5.32 Å². The van der Waals surface area contributed by atoms with Crippen LogP contribution >= 0.6 is 0 Å². The summed E-state index contributed by atoms with van der Waals surface area (Å²) in [5.74, 6) is 0.00303. The van der Waals surface area contributed by atoms with Crippen LogP contribution in [0.25, 0.3) is 0 Å². The molecule has 1 fully saturated rings. The number of ether oxygens (including phenoxy) is 1. The van der Waals surface area contributed by atoms with Gasteiger partial charge < -0.3 is 15.0 Å². The van der Waals surface area contributed by atoms with Crippen molar-refractivity contribution in [2.45, 2.75) is 64.5 Å². The highest BCUT2D eigenvalue weighted by molar-refractivity contribution is 6.02. The third kappa shape index (κ3) is 2.68. The zero-order chi connectivity index (χ0) is 15.4. The Hall–Kier alpha value is -1.10. The second-order valence-electron chi connectivity index (χ2n) is 5.68. The number of methoxy groups -OCH3 is 1. The highest BCUT2D eigenvalue weighted by Gasteiger charge is 2.54. The van der Waals surface area contributed by atoms with Crippen LogP contribution in [0.1, 0.15) is 53.4 Å². The van der Waals surface area contributed by atoms with E-state index >= 15 is 0 Å². The number of piperazine rings is 1. The molecule has 0 saturated carbocycles. The number of hydrogen-bond donors (Lipinski definition) is 1. The predicted octanol–water partition coefficient (Wildman–Crippen LogP) is 1.71. The van der Waals surface area contributed by atoms with E-state index in [1.165, 1.54) is 0 Å². The van der Waals surface area contributed by atoms with Crippen LogP contribution in [0, 0.1) is 0 Å². The molecule has 1 saturated heterocycles. The number of rotatable bonds is 7. The molecule has 20 heavy (non-hydrogen) atoms. The molecule has 0 aromatic carbocycles. The maximum absolute atomic E-state index is 12.8. The van der Waals surface area contributed by atoms with Crippen LogP contribution < -0.4 is 5.32 Å². The van der Waals surface area contributed by atoms with E-state index in [0.717, 1.165) is 6.42 Å². The second-order valence-corrected chi connectivity index (χ2v) is 5.68. The van der Waals surface area contributed by atoms with E-state index < -0.39 is 11.1 Å². The van der Waals surface area contributed by atoms with E-state index in [1.807, 2.05) is 27.7 Å². The maximum Gasteiger partial charge on any atom is 0.248 e. The molecule has 0 aromatic heterocycles. The maximum atomic E-state index is 12.8. The van der Waals surface area contributed by atoms with Crippen LogP contribution in [0.3, 0.4) is 0 Å². The zero-order valence-electron chi connectivity index (χ0n) is 13.4. The fourth-order valence-electron chi connectivity index (χ4n) is 2.91. The first kappa shape index (κ1) is 17.0. The van der Waals surface area contributed by atoms with Gasteiger partial charge in [-0.05, 0) is 32.6 Å². The molecule has 2 amide bonds. The Balaban J connectivity index is 3.10. The highest BCUT2D eigenvalue weighted by atomic mass is 16.5. The fourth-order valence-corrected chi connectivity index (χ4v) is 2.91. The highest BCUT2D eigenvalue weighted by Crippen LogP contribution is 2.33. The quantitative estimate of drug-likeness (QED) is 0.724. The SMILES string of the molecule is CCC1(C)NC(=O)C(CC)(CC)N(CCCOC)C1=O. The average molecular weight is 284 g/mol.